The van der Waals surface area contributed by atoms with Crippen molar-refractivity contribution < 1.29 is 23.8 Å². The van der Waals surface area contributed by atoms with Crippen molar-refractivity contribution >= 4 is 29.6 Å². The zero-order valence-corrected chi connectivity index (χ0v) is 17.8. The molecule has 1 heterocycles. The topological polar surface area (TPSA) is 65.1 Å². The van der Waals surface area contributed by atoms with Gasteiger partial charge in [0, 0.05) is 24.6 Å². The maximum absolute atomic E-state index is 12.6. The zero-order chi connectivity index (χ0) is 20.8. The smallest absolute Gasteiger partial charge is 0.331 e. The highest BCUT2D eigenvalue weighted by Gasteiger charge is 2.27. The SMILES string of the molecule is CC(C)N(C(=O)[C@H](C)OC(=O)/C=C/c1cc(Cl)c2c(c1)OCCCO2)C(C)C. The fourth-order valence-electron chi connectivity index (χ4n) is 3.09. The van der Waals surface area contributed by atoms with E-state index in [1.807, 2.05) is 27.7 Å². The highest BCUT2D eigenvalue weighted by molar-refractivity contribution is 6.32. The summed E-state index contributed by atoms with van der Waals surface area (Å²) in [7, 11) is 0. The summed E-state index contributed by atoms with van der Waals surface area (Å²) in [6.07, 6.45) is 2.75. The van der Waals surface area contributed by atoms with Crippen LogP contribution in [0.15, 0.2) is 18.2 Å². The summed E-state index contributed by atoms with van der Waals surface area (Å²) in [6, 6.07) is 3.48. The van der Waals surface area contributed by atoms with E-state index in [2.05, 4.69) is 0 Å². The Hall–Kier alpha value is -2.21. The molecule has 0 saturated carbocycles. The molecule has 0 aromatic heterocycles. The average Bonchev–Trinajstić information content (AvgIpc) is 2.85. The monoisotopic (exact) mass is 409 g/mol. The molecule has 1 aromatic rings. The molecule has 7 heteroatoms. The second-order valence-electron chi connectivity index (χ2n) is 7.23. The van der Waals surface area contributed by atoms with E-state index in [-0.39, 0.29) is 18.0 Å². The molecule has 0 N–H and O–H groups in total. The molecular weight excluding hydrogens is 382 g/mol. The Morgan fingerprint density at radius 2 is 1.75 bits per heavy atom. The Labute approximate surface area is 171 Å². The minimum atomic E-state index is -0.866. The molecule has 154 valence electrons. The van der Waals surface area contributed by atoms with Crippen molar-refractivity contribution in [1.29, 1.82) is 0 Å². The average molecular weight is 410 g/mol. The van der Waals surface area contributed by atoms with Crippen LogP contribution in [0.5, 0.6) is 11.5 Å². The largest absolute Gasteiger partial charge is 0.489 e. The highest BCUT2D eigenvalue weighted by atomic mass is 35.5. The number of carbonyl (C=O) groups is 2. The Kier molecular flexibility index (Phi) is 7.75. The van der Waals surface area contributed by atoms with Gasteiger partial charge < -0.3 is 19.1 Å². The predicted octanol–water partition coefficient (Wildman–Crippen LogP) is 4.09. The Bertz CT molecular complexity index is 737. The predicted molar refractivity (Wildman–Crippen MR) is 109 cm³/mol. The van der Waals surface area contributed by atoms with Crippen LogP contribution in [0.2, 0.25) is 5.02 Å². The van der Waals surface area contributed by atoms with E-state index in [1.165, 1.54) is 6.08 Å². The molecular formula is C21H28ClNO5. The zero-order valence-electron chi connectivity index (χ0n) is 17.0. The van der Waals surface area contributed by atoms with Gasteiger partial charge in [-0.05, 0) is 58.4 Å². The van der Waals surface area contributed by atoms with Crippen molar-refractivity contribution in [2.75, 3.05) is 13.2 Å². The van der Waals surface area contributed by atoms with Crippen LogP contribution in [-0.2, 0) is 14.3 Å². The van der Waals surface area contributed by atoms with Gasteiger partial charge in [-0.3, -0.25) is 4.79 Å². The normalized spacial score (nSPS) is 14.9. The summed E-state index contributed by atoms with van der Waals surface area (Å²) in [4.78, 5) is 26.4. The first-order chi connectivity index (χ1) is 13.2. The van der Waals surface area contributed by atoms with E-state index in [1.54, 1.807) is 30.0 Å². The van der Waals surface area contributed by atoms with Gasteiger partial charge in [-0.1, -0.05) is 11.6 Å². The summed E-state index contributed by atoms with van der Waals surface area (Å²) in [5, 5.41) is 0.417. The third-order valence-electron chi connectivity index (χ3n) is 4.24. The molecule has 0 bridgehead atoms. The second-order valence-corrected chi connectivity index (χ2v) is 7.63. The molecule has 1 aliphatic heterocycles. The summed E-state index contributed by atoms with van der Waals surface area (Å²) in [5.41, 5.74) is 0.677. The van der Waals surface area contributed by atoms with Gasteiger partial charge >= 0.3 is 5.97 Å². The number of nitrogens with zero attached hydrogens (tertiary/aromatic N) is 1. The van der Waals surface area contributed by atoms with E-state index in [0.29, 0.717) is 35.3 Å². The quantitative estimate of drug-likeness (QED) is 0.523. The third-order valence-corrected chi connectivity index (χ3v) is 4.52. The van der Waals surface area contributed by atoms with Gasteiger partial charge in [0.25, 0.3) is 5.91 Å². The standard InChI is InChI=1S/C21H28ClNO5/c1-13(2)23(14(3)4)21(25)15(5)28-19(24)8-7-16-11-17(22)20-18(12-16)26-9-6-10-27-20/h7-8,11-15H,6,9-10H2,1-5H3/b8-7+/t15-/m0/s1. The molecule has 1 amide bonds. The van der Waals surface area contributed by atoms with Gasteiger partial charge in [-0.2, -0.15) is 0 Å². The molecule has 1 aliphatic rings. The van der Waals surface area contributed by atoms with Crippen LogP contribution in [-0.4, -0.2) is 48.2 Å². The van der Waals surface area contributed by atoms with Gasteiger partial charge in [0.2, 0.25) is 0 Å². The van der Waals surface area contributed by atoms with Crippen molar-refractivity contribution in [1.82, 2.24) is 4.90 Å². The Balaban J connectivity index is 2.04. The van der Waals surface area contributed by atoms with Gasteiger partial charge in [0.05, 0.1) is 18.2 Å². The molecule has 0 fully saturated rings. The first kappa shape index (κ1) is 22.1. The molecule has 1 aromatic carbocycles. The van der Waals surface area contributed by atoms with E-state index in [0.717, 1.165) is 6.42 Å². The maximum Gasteiger partial charge on any atom is 0.331 e. The van der Waals surface area contributed by atoms with Crippen LogP contribution < -0.4 is 9.47 Å². The number of ether oxygens (including phenoxy) is 3. The molecule has 2 rings (SSSR count). The number of esters is 1. The van der Waals surface area contributed by atoms with Crippen LogP contribution in [0.25, 0.3) is 6.08 Å². The van der Waals surface area contributed by atoms with Crippen LogP contribution in [0, 0.1) is 0 Å². The number of carbonyl (C=O) groups excluding carboxylic acids is 2. The van der Waals surface area contributed by atoms with E-state index in [9.17, 15) is 9.59 Å². The molecule has 0 spiro atoms. The molecule has 0 saturated heterocycles. The minimum Gasteiger partial charge on any atom is -0.489 e. The van der Waals surface area contributed by atoms with Crippen molar-refractivity contribution in [3.8, 4) is 11.5 Å². The summed E-state index contributed by atoms with van der Waals surface area (Å²) in [5.74, 6) is 0.244. The molecule has 6 nitrogen and oxygen atoms in total. The van der Waals surface area contributed by atoms with Crippen molar-refractivity contribution in [2.24, 2.45) is 0 Å². The Morgan fingerprint density at radius 1 is 1.11 bits per heavy atom. The van der Waals surface area contributed by atoms with E-state index < -0.39 is 12.1 Å². The lowest BCUT2D eigenvalue weighted by molar-refractivity contribution is -0.157. The second kappa shape index (κ2) is 9.82. The Morgan fingerprint density at radius 3 is 2.39 bits per heavy atom. The number of amides is 1. The van der Waals surface area contributed by atoms with Crippen LogP contribution in [0.1, 0.15) is 46.6 Å². The van der Waals surface area contributed by atoms with Crippen molar-refractivity contribution in [3.63, 3.8) is 0 Å². The highest BCUT2D eigenvalue weighted by Crippen LogP contribution is 2.38. The fraction of sp³-hybridized carbons (Fsp3) is 0.524. The lowest BCUT2D eigenvalue weighted by atomic mass is 10.2. The number of fused-ring (bicyclic) bond motifs is 1. The molecule has 28 heavy (non-hydrogen) atoms. The first-order valence-electron chi connectivity index (χ1n) is 9.50. The summed E-state index contributed by atoms with van der Waals surface area (Å²) in [6.45, 7) is 10.4. The van der Waals surface area contributed by atoms with E-state index >= 15 is 0 Å². The minimum absolute atomic E-state index is 0.0214. The third kappa shape index (κ3) is 5.64. The number of benzene rings is 1. The lowest BCUT2D eigenvalue weighted by Gasteiger charge is -2.32. The number of halogens is 1. The van der Waals surface area contributed by atoms with Crippen molar-refractivity contribution in [3.05, 3.63) is 28.8 Å². The van der Waals surface area contributed by atoms with E-state index in [4.69, 9.17) is 25.8 Å². The van der Waals surface area contributed by atoms with Gasteiger partial charge in [0.15, 0.2) is 17.6 Å². The molecule has 0 unspecified atom stereocenters. The lowest BCUT2D eigenvalue weighted by Crippen LogP contribution is -2.47. The number of rotatable bonds is 6. The first-order valence-corrected chi connectivity index (χ1v) is 9.88. The molecule has 1 atom stereocenters. The van der Waals surface area contributed by atoms with Gasteiger partial charge in [-0.25, -0.2) is 4.79 Å². The fourth-order valence-corrected chi connectivity index (χ4v) is 3.36. The maximum atomic E-state index is 12.6. The molecule has 0 aliphatic carbocycles. The number of hydrogen-bond acceptors (Lipinski definition) is 5. The van der Waals surface area contributed by atoms with Gasteiger partial charge in [-0.15, -0.1) is 0 Å². The number of hydrogen-bond donors (Lipinski definition) is 0. The van der Waals surface area contributed by atoms with Crippen LogP contribution in [0.4, 0.5) is 0 Å². The van der Waals surface area contributed by atoms with Gasteiger partial charge in [0.1, 0.15) is 0 Å². The van der Waals surface area contributed by atoms with Crippen molar-refractivity contribution in [2.45, 2.75) is 59.2 Å². The van der Waals surface area contributed by atoms with Crippen LogP contribution in [0.3, 0.4) is 0 Å². The van der Waals surface area contributed by atoms with Crippen LogP contribution >= 0.6 is 11.6 Å². The summed E-state index contributed by atoms with van der Waals surface area (Å²) < 4.78 is 16.5. The summed E-state index contributed by atoms with van der Waals surface area (Å²) >= 11 is 6.25. The molecule has 0 radical (unpaired) electrons.